The molecule has 0 heterocycles. The maximum absolute atomic E-state index is 12.6. The van der Waals surface area contributed by atoms with Crippen molar-refractivity contribution in [2.24, 2.45) is 22.7 Å². The number of carbonyl (C=O) groups excluding carboxylic acids is 2. The molecule has 186 valence electrons. The molecule has 2 saturated carbocycles. The number of carbonyl (C=O) groups is 2. The van der Waals surface area contributed by atoms with E-state index in [1.807, 2.05) is 0 Å². The van der Waals surface area contributed by atoms with Crippen molar-refractivity contribution in [3.05, 3.63) is 36.5 Å². The van der Waals surface area contributed by atoms with E-state index in [1.165, 1.54) is 13.0 Å². The SMILES string of the molecule is C=CC(C)(O)CCC1C(=C)C(O)CC2C(C)(C)CC(OC(=O)C(C)=CC)CC12COC(C)=O. The molecule has 0 saturated heterocycles. The van der Waals surface area contributed by atoms with E-state index in [0.29, 0.717) is 43.3 Å². The summed E-state index contributed by atoms with van der Waals surface area (Å²) >= 11 is 0. The average molecular weight is 463 g/mol. The lowest BCUT2D eigenvalue weighted by Crippen LogP contribution is -2.60. The number of aliphatic hydroxyl groups excluding tert-OH is 1. The minimum absolute atomic E-state index is 0.0151. The zero-order valence-corrected chi connectivity index (χ0v) is 21.1. The third-order valence-corrected chi connectivity index (χ3v) is 7.98. The molecule has 2 aliphatic rings. The lowest BCUT2D eigenvalue weighted by molar-refractivity contribution is -0.186. The smallest absolute Gasteiger partial charge is 0.333 e. The standard InChI is InChI=1S/C27H42O6/c1-9-17(3)24(30)33-20-14-25(6,7)23-13-22(29)18(4)21(11-12-26(8,31)10-2)27(23,15-20)16-32-19(5)28/h9-10,20-23,29,31H,2,4,11-16H2,1,3,5-8H3. The van der Waals surface area contributed by atoms with Crippen LogP contribution < -0.4 is 0 Å². The van der Waals surface area contributed by atoms with Crippen LogP contribution in [-0.2, 0) is 19.1 Å². The molecule has 0 spiro atoms. The molecule has 33 heavy (non-hydrogen) atoms. The number of aliphatic hydroxyl groups is 2. The highest BCUT2D eigenvalue weighted by Crippen LogP contribution is 2.62. The van der Waals surface area contributed by atoms with E-state index in [9.17, 15) is 19.8 Å². The summed E-state index contributed by atoms with van der Waals surface area (Å²) in [6.45, 7) is 19.0. The molecule has 6 heteroatoms. The molecule has 0 radical (unpaired) electrons. The van der Waals surface area contributed by atoms with Gasteiger partial charge in [-0.25, -0.2) is 4.79 Å². The van der Waals surface area contributed by atoms with Gasteiger partial charge < -0.3 is 19.7 Å². The Bertz CT molecular complexity index is 807. The van der Waals surface area contributed by atoms with Crippen molar-refractivity contribution in [2.75, 3.05) is 6.61 Å². The summed E-state index contributed by atoms with van der Waals surface area (Å²) in [4.78, 5) is 24.5. The number of esters is 2. The molecule has 0 aromatic rings. The Labute approximate surface area is 198 Å². The van der Waals surface area contributed by atoms with E-state index < -0.39 is 17.1 Å². The highest BCUT2D eigenvalue weighted by molar-refractivity contribution is 5.87. The fourth-order valence-corrected chi connectivity index (χ4v) is 6.01. The minimum atomic E-state index is -1.07. The summed E-state index contributed by atoms with van der Waals surface area (Å²) in [6, 6.07) is 0. The summed E-state index contributed by atoms with van der Waals surface area (Å²) < 4.78 is 11.6. The average Bonchev–Trinajstić information content (AvgIpc) is 2.72. The van der Waals surface area contributed by atoms with Crippen molar-refractivity contribution >= 4 is 11.9 Å². The Morgan fingerprint density at radius 1 is 1.27 bits per heavy atom. The van der Waals surface area contributed by atoms with Gasteiger partial charge in [-0.3, -0.25) is 4.79 Å². The maximum atomic E-state index is 12.6. The summed E-state index contributed by atoms with van der Waals surface area (Å²) in [6.07, 6.45) is 4.83. The monoisotopic (exact) mass is 462 g/mol. The summed E-state index contributed by atoms with van der Waals surface area (Å²) in [5, 5.41) is 21.5. The van der Waals surface area contributed by atoms with Crippen LogP contribution in [0, 0.1) is 22.7 Å². The van der Waals surface area contributed by atoms with Gasteiger partial charge in [-0.1, -0.05) is 32.6 Å². The van der Waals surface area contributed by atoms with Crippen molar-refractivity contribution in [3.63, 3.8) is 0 Å². The van der Waals surface area contributed by atoms with Crippen LogP contribution in [0.25, 0.3) is 0 Å². The van der Waals surface area contributed by atoms with E-state index in [2.05, 4.69) is 27.0 Å². The lowest BCUT2D eigenvalue weighted by Gasteiger charge is -2.61. The van der Waals surface area contributed by atoms with Crippen LogP contribution in [0.3, 0.4) is 0 Å². The number of hydrogen-bond donors (Lipinski definition) is 2. The zero-order valence-electron chi connectivity index (χ0n) is 21.1. The lowest BCUT2D eigenvalue weighted by atomic mass is 9.45. The second-order valence-electron chi connectivity index (χ2n) is 10.9. The van der Waals surface area contributed by atoms with Crippen LogP contribution in [0.4, 0.5) is 0 Å². The van der Waals surface area contributed by atoms with Crippen molar-refractivity contribution in [1.82, 2.24) is 0 Å². The van der Waals surface area contributed by atoms with Gasteiger partial charge in [0.05, 0.1) is 18.3 Å². The number of fused-ring (bicyclic) bond motifs is 1. The third-order valence-electron chi connectivity index (χ3n) is 7.98. The number of hydrogen-bond acceptors (Lipinski definition) is 6. The quantitative estimate of drug-likeness (QED) is 0.313. The molecular formula is C27H42O6. The molecule has 6 nitrogen and oxygen atoms in total. The Balaban J connectivity index is 2.53. The molecule has 6 unspecified atom stereocenters. The molecule has 2 fully saturated rings. The topological polar surface area (TPSA) is 93.1 Å². The Morgan fingerprint density at radius 2 is 1.91 bits per heavy atom. The first-order chi connectivity index (χ1) is 15.2. The molecule has 0 amide bonds. The first-order valence-corrected chi connectivity index (χ1v) is 11.9. The predicted octanol–water partition coefficient (Wildman–Crippen LogP) is 4.50. The van der Waals surface area contributed by atoms with Crippen LogP contribution in [0.15, 0.2) is 36.5 Å². The molecule has 0 aliphatic heterocycles. The van der Waals surface area contributed by atoms with Gasteiger partial charge in [-0.15, -0.1) is 6.58 Å². The zero-order chi connectivity index (χ0) is 25.2. The molecule has 0 aromatic carbocycles. The fraction of sp³-hybridized carbons (Fsp3) is 0.704. The Morgan fingerprint density at radius 3 is 2.45 bits per heavy atom. The summed E-state index contributed by atoms with van der Waals surface area (Å²) in [5.74, 6) is -0.930. The van der Waals surface area contributed by atoms with Crippen molar-refractivity contribution in [2.45, 2.75) is 91.5 Å². The normalized spacial score (nSPS) is 33.5. The van der Waals surface area contributed by atoms with Crippen LogP contribution >= 0.6 is 0 Å². The highest BCUT2D eigenvalue weighted by atomic mass is 16.5. The van der Waals surface area contributed by atoms with Gasteiger partial charge >= 0.3 is 11.9 Å². The van der Waals surface area contributed by atoms with Crippen molar-refractivity contribution in [1.29, 1.82) is 0 Å². The molecule has 2 rings (SSSR count). The maximum Gasteiger partial charge on any atom is 0.333 e. The first kappa shape index (κ1) is 27.3. The molecule has 0 aromatic heterocycles. The molecule has 6 atom stereocenters. The number of allylic oxidation sites excluding steroid dienone is 1. The first-order valence-electron chi connectivity index (χ1n) is 11.9. The van der Waals surface area contributed by atoms with Crippen molar-refractivity contribution in [3.8, 4) is 0 Å². The summed E-state index contributed by atoms with van der Waals surface area (Å²) in [7, 11) is 0. The highest BCUT2D eigenvalue weighted by Gasteiger charge is 2.60. The van der Waals surface area contributed by atoms with Gasteiger partial charge in [0, 0.05) is 17.9 Å². The van der Waals surface area contributed by atoms with E-state index in [0.717, 1.165) is 0 Å². The second kappa shape index (κ2) is 10.1. The van der Waals surface area contributed by atoms with Crippen LogP contribution in [0.2, 0.25) is 0 Å². The second-order valence-corrected chi connectivity index (χ2v) is 10.9. The van der Waals surface area contributed by atoms with Crippen molar-refractivity contribution < 1.29 is 29.3 Å². The predicted molar refractivity (Wildman–Crippen MR) is 128 cm³/mol. The van der Waals surface area contributed by atoms with E-state index >= 15 is 0 Å². The Kier molecular flexibility index (Phi) is 8.40. The largest absolute Gasteiger partial charge is 0.465 e. The Hall–Kier alpha value is -1.92. The van der Waals surface area contributed by atoms with Gasteiger partial charge in [0.1, 0.15) is 6.10 Å². The van der Waals surface area contributed by atoms with Gasteiger partial charge in [0.2, 0.25) is 0 Å². The number of ether oxygens (including phenoxy) is 2. The molecular weight excluding hydrogens is 420 g/mol. The van der Waals surface area contributed by atoms with Gasteiger partial charge in [0.15, 0.2) is 0 Å². The number of rotatable bonds is 8. The van der Waals surface area contributed by atoms with E-state index in [-0.39, 0.29) is 41.9 Å². The van der Waals surface area contributed by atoms with Gasteiger partial charge in [-0.2, -0.15) is 0 Å². The summed E-state index contributed by atoms with van der Waals surface area (Å²) in [5.41, 5.74) is -0.694. The minimum Gasteiger partial charge on any atom is -0.465 e. The van der Waals surface area contributed by atoms with E-state index in [1.54, 1.807) is 26.8 Å². The van der Waals surface area contributed by atoms with Crippen LogP contribution in [0.1, 0.15) is 73.6 Å². The third kappa shape index (κ3) is 5.96. The van der Waals surface area contributed by atoms with Gasteiger partial charge in [0.25, 0.3) is 0 Å². The molecule has 2 N–H and O–H groups in total. The van der Waals surface area contributed by atoms with Crippen LogP contribution in [0.5, 0.6) is 0 Å². The van der Waals surface area contributed by atoms with Gasteiger partial charge in [-0.05, 0) is 75.7 Å². The fourth-order valence-electron chi connectivity index (χ4n) is 6.01. The molecule has 0 bridgehead atoms. The molecule has 2 aliphatic carbocycles. The van der Waals surface area contributed by atoms with Crippen LogP contribution in [-0.4, -0.2) is 46.6 Å². The van der Waals surface area contributed by atoms with E-state index in [4.69, 9.17) is 9.47 Å².